The molecular formula is C13H28N2. The fraction of sp³-hybridized carbons (Fsp3) is 1.00. The van der Waals surface area contributed by atoms with Gasteiger partial charge in [0.2, 0.25) is 0 Å². The first-order chi connectivity index (χ1) is 7.17. The minimum atomic E-state index is 0.638. The molecule has 0 bridgehead atoms. The van der Waals surface area contributed by atoms with Crippen molar-refractivity contribution in [3.63, 3.8) is 0 Å². The van der Waals surface area contributed by atoms with Gasteiger partial charge in [-0.1, -0.05) is 20.3 Å². The molecule has 2 nitrogen and oxygen atoms in total. The van der Waals surface area contributed by atoms with E-state index in [-0.39, 0.29) is 0 Å². The van der Waals surface area contributed by atoms with Crippen LogP contribution in [0.5, 0.6) is 0 Å². The van der Waals surface area contributed by atoms with Crippen LogP contribution in [-0.2, 0) is 0 Å². The molecule has 0 spiro atoms. The van der Waals surface area contributed by atoms with Crippen LogP contribution < -0.4 is 5.73 Å². The predicted octanol–water partition coefficient (Wildman–Crippen LogP) is 2.48. The molecule has 1 fully saturated rings. The molecule has 1 rings (SSSR count). The summed E-state index contributed by atoms with van der Waals surface area (Å²) in [6.45, 7) is 6.55. The number of hydrogen-bond donors (Lipinski definition) is 1. The maximum atomic E-state index is 5.67. The summed E-state index contributed by atoms with van der Waals surface area (Å²) >= 11 is 0. The van der Waals surface area contributed by atoms with Crippen LogP contribution in [-0.4, -0.2) is 31.1 Å². The van der Waals surface area contributed by atoms with Crippen molar-refractivity contribution in [1.82, 2.24) is 4.90 Å². The van der Waals surface area contributed by atoms with Crippen molar-refractivity contribution < 1.29 is 0 Å². The molecule has 2 N–H and O–H groups in total. The Kier molecular flexibility index (Phi) is 5.62. The summed E-state index contributed by atoms with van der Waals surface area (Å²) in [5.41, 5.74) is 5.67. The first-order valence-electron chi connectivity index (χ1n) is 6.57. The summed E-state index contributed by atoms with van der Waals surface area (Å²) in [7, 11) is 2.27. The molecule has 1 aliphatic carbocycles. The van der Waals surface area contributed by atoms with E-state index >= 15 is 0 Å². The first kappa shape index (κ1) is 13.0. The molecule has 0 radical (unpaired) electrons. The molecule has 15 heavy (non-hydrogen) atoms. The Bertz CT molecular complexity index is 162. The van der Waals surface area contributed by atoms with Gasteiger partial charge in [-0.15, -0.1) is 0 Å². The van der Waals surface area contributed by atoms with E-state index in [0.717, 1.165) is 25.0 Å². The topological polar surface area (TPSA) is 29.3 Å². The molecule has 0 aliphatic heterocycles. The van der Waals surface area contributed by atoms with Gasteiger partial charge in [0.1, 0.15) is 0 Å². The SMILES string of the molecule is CCC1CCC(N(C)CC(C)CN)CC1. The van der Waals surface area contributed by atoms with Crippen molar-refractivity contribution in [2.24, 2.45) is 17.6 Å². The lowest BCUT2D eigenvalue weighted by Gasteiger charge is -2.35. The summed E-state index contributed by atoms with van der Waals surface area (Å²) in [5, 5.41) is 0. The molecule has 1 atom stereocenters. The second kappa shape index (κ2) is 6.49. The molecule has 0 aromatic heterocycles. The number of hydrogen-bond acceptors (Lipinski definition) is 2. The molecule has 90 valence electrons. The average Bonchev–Trinajstić information content (AvgIpc) is 2.29. The third-order valence-electron chi connectivity index (χ3n) is 4.02. The minimum Gasteiger partial charge on any atom is -0.330 e. The summed E-state index contributed by atoms with van der Waals surface area (Å²) in [4.78, 5) is 2.53. The smallest absolute Gasteiger partial charge is 0.00925 e. The zero-order chi connectivity index (χ0) is 11.3. The van der Waals surface area contributed by atoms with E-state index in [0.29, 0.717) is 5.92 Å². The summed E-state index contributed by atoms with van der Waals surface area (Å²) in [6, 6.07) is 0.821. The van der Waals surface area contributed by atoms with Gasteiger partial charge in [0.25, 0.3) is 0 Å². The fourth-order valence-corrected chi connectivity index (χ4v) is 2.71. The second-order valence-corrected chi connectivity index (χ2v) is 5.36. The molecule has 0 aromatic carbocycles. The number of nitrogens with zero attached hydrogens (tertiary/aromatic N) is 1. The molecule has 0 aromatic rings. The molecule has 2 heteroatoms. The van der Waals surface area contributed by atoms with Gasteiger partial charge in [-0.25, -0.2) is 0 Å². The van der Waals surface area contributed by atoms with Gasteiger partial charge in [-0.05, 0) is 51.1 Å². The van der Waals surface area contributed by atoms with Gasteiger partial charge < -0.3 is 10.6 Å². The molecule has 0 saturated heterocycles. The number of nitrogens with two attached hydrogens (primary N) is 1. The zero-order valence-corrected chi connectivity index (χ0v) is 10.7. The van der Waals surface area contributed by atoms with Crippen molar-refractivity contribution in [2.75, 3.05) is 20.1 Å². The van der Waals surface area contributed by atoms with E-state index in [1.165, 1.54) is 32.1 Å². The van der Waals surface area contributed by atoms with Gasteiger partial charge >= 0.3 is 0 Å². The van der Waals surface area contributed by atoms with Crippen molar-refractivity contribution in [3.8, 4) is 0 Å². The second-order valence-electron chi connectivity index (χ2n) is 5.36. The van der Waals surface area contributed by atoms with E-state index in [9.17, 15) is 0 Å². The van der Waals surface area contributed by atoms with E-state index in [1.54, 1.807) is 0 Å². The standard InChI is InChI=1S/C13H28N2/c1-4-12-5-7-13(8-6-12)15(3)10-11(2)9-14/h11-13H,4-10,14H2,1-3H3. The van der Waals surface area contributed by atoms with E-state index in [1.807, 2.05) is 0 Å². The fourth-order valence-electron chi connectivity index (χ4n) is 2.71. The van der Waals surface area contributed by atoms with Crippen LogP contribution in [0.3, 0.4) is 0 Å². The maximum Gasteiger partial charge on any atom is 0.00925 e. The van der Waals surface area contributed by atoms with Gasteiger partial charge in [0, 0.05) is 12.6 Å². The van der Waals surface area contributed by atoms with Gasteiger partial charge in [-0.3, -0.25) is 0 Å². The van der Waals surface area contributed by atoms with Gasteiger partial charge in [0.05, 0.1) is 0 Å². The van der Waals surface area contributed by atoms with Crippen molar-refractivity contribution >= 4 is 0 Å². The number of rotatable bonds is 5. The summed E-state index contributed by atoms with van der Waals surface area (Å²) in [5.74, 6) is 1.64. The Labute approximate surface area is 95.2 Å². The highest BCUT2D eigenvalue weighted by Gasteiger charge is 2.23. The van der Waals surface area contributed by atoms with Crippen LogP contribution in [0.4, 0.5) is 0 Å². The molecule has 0 amide bonds. The normalized spacial score (nSPS) is 29.4. The largest absolute Gasteiger partial charge is 0.330 e. The predicted molar refractivity (Wildman–Crippen MR) is 66.9 cm³/mol. The quantitative estimate of drug-likeness (QED) is 0.758. The van der Waals surface area contributed by atoms with E-state index in [4.69, 9.17) is 5.73 Å². The Morgan fingerprint density at radius 3 is 2.33 bits per heavy atom. The Hall–Kier alpha value is -0.0800. The van der Waals surface area contributed by atoms with Crippen LogP contribution in [0.1, 0.15) is 46.0 Å². The minimum absolute atomic E-state index is 0.638. The Balaban J connectivity index is 2.26. The highest BCUT2D eigenvalue weighted by atomic mass is 15.1. The van der Waals surface area contributed by atoms with Gasteiger partial charge in [0.15, 0.2) is 0 Å². The summed E-state index contributed by atoms with van der Waals surface area (Å²) in [6.07, 6.45) is 7.03. The lowest BCUT2D eigenvalue weighted by Crippen LogP contribution is -2.39. The van der Waals surface area contributed by atoms with E-state index in [2.05, 4.69) is 25.8 Å². The van der Waals surface area contributed by atoms with E-state index < -0.39 is 0 Å². The van der Waals surface area contributed by atoms with Crippen LogP contribution >= 0.6 is 0 Å². The van der Waals surface area contributed by atoms with Crippen LogP contribution in [0, 0.1) is 11.8 Å². The van der Waals surface area contributed by atoms with Crippen LogP contribution in [0.2, 0.25) is 0 Å². The zero-order valence-electron chi connectivity index (χ0n) is 10.7. The maximum absolute atomic E-state index is 5.67. The van der Waals surface area contributed by atoms with Crippen molar-refractivity contribution in [3.05, 3.63) is 0 Å². The molecule has 1 saturated carbocycles. The summed E-state index contributed by atoms with van der Waals surface area (Å²) < 4.78 is 0. The van der Waals surface area contributed by atoms with Crippen LogP contribution in [0.15, 0.2) is 0 Å². The lowest BCUT2D eigenvalue weighted by molar-refractivity contribution is 0.148. The van der Waals surface area contributed by atoms with Gasteiger partial charge in [-0.2, -0.15) is 0 Å². The highest BCUT2D eigenvalue weighted by molar-refractivity contribution is 4.78. The molecular weight excluding hydrogens is 184 g/mol. The average molecular weight is 212 g/mol. The van der Waals surface area contributed by atoms with Crippen molar-refractivity contribution in [2.45, 2.75) is 52.0 Å². The Morgan fingerprint density at radius 2 is 1.87 bits per heavy atom. The van der Waals surface area contributed by atoms with Crippen LogP contribution in [0.25, 0.3) is 0 Å². The molecule has 1 unspecified atom stereocenters. The van der Waals surface area contributed by atoms with Crippen molar-refractivity contribution in [1.29, 1.82) is 0 Å². The third kappa shape index (κ3) is 4.12. The molecule has 0 heterocycles. The highest BCUT2D eigenvalue weighted by Crippen LogP contribution is 2.29. The first-order valence-corrected chi connectivity index (χ1v) is 6.57. The lowest BCUT2D eigenvalue weighted by atomic mass is 9.84. The monoisotopic (exact) mass is 212 g/mol. The Morgan fingerprint density at radius 1 is 1.27 bits per heavy atom. The molecule has 1 aliphatic rings. The third-order valence-corrected chi connectivity index (χ3v) is 4.02.